The molecule has 0 bridgehead atoms. The first-order valence-electron chi connectivity index (χ1n) is 8.13. The van der Waals surface area contributed by atoms with Gasteiger partial charge in [0.1, 0.15) is 0 Å². The summed E-state index contributed by atoms with van der Waals surface area (Å²) in [6.45, 7) is 0.392. The van der Waals surface area contributed by atoms with Crippen LogP contribution in [0.1, 0.15) is 15.9 Å². The lowest BCUT2D eigenvalue weighted by Gasteiger charge is -2.10. The summed E-state index contributed by atoms with van der Waals surface area (Å²) < 4.78 is 3.36. The molecule has 0 spiro atoms. The molecular weight excluding hydrogens is 328 g/mol. The standard InChI is InChI=1S/C19H16N6O/c26-19(16-5-1-2-6-17(16)24-11-3-8-22-24)21-14-15-7-10-20-18(13-15)25-12-4-9-23-25/h1-13H,14H2,(H,21,26). The van der Waals surface area contributed by atoms with Gasteiger partial charge in [-0.2, -0.15) is 10.2 Å². The van der Waals surface area contributed by atoms with E-state index in [1.54, 1.807) is 34.0 Å². The molecule has 7 nitrogen and oxygen atoms in total. The van der Waals surface area contributed by atoms with Crippen LogP contribution in [-0.2, 0) is 6.54 Å². The van der Waals surface area contributed by atoms with Crippen molar-refractivity contribution in [1.29, 1.82) is 0 Å². The highest BCUT2D eigenvalue weighted by molar-refractivity contribution is 5.97. The number of amides is 1. The number of pyridine rings is 1. The van der Waals surface area contributed by atoms with Crippen LogP contribution in [0, 0.1) is 0 Å². The highest BCUT2D eigenvalue weighted by Crippen LogP contribution is 2.14. The quantitative estimate of drug-likeness (QED) is 0.603. The molecule has 7 heteroatoms. The first-order chi connectivity index (χ1) is 12.8. The smallest absolute Gasteiger partial charge is 0.253 e. The average molecular weight is 344 g/mol. The van der Waals surface area contributed by atoms with E-state index in [1.165, 1.54) is 0 Å². The van der Waals surface area contributed by atoms with Gasteiger partial charge in [-0.1, -0.05) is 12.1 Å². The number of aromatic nitrogens is 5. The number of para-hydroxylation sites is 1. The molecule has 1 amide bonds. The number of carbonyl (C=O) groups is 1. The minimum atomic E-state index is -0.159. The minimum Gasteiger partial charge on any atom is -0.348 e. The number of nitrogens with one attached hydrogen (secondary N) is 1. The van der Waals surface area contributed by atoms with Crippen LogP contribution >= 0.6 is 0 Å². The third-order valence-corrected chi connectivity index (χ3v) is 3.90. The average Bonchev–Trinajstić information content (AvgIpc) is 3.40. The van der Waals surface area contributed by atoms with Crippen LogP contribution in [0.4, 0.5) is 0 Å². The van der Waals surface area contributed by atoms with Gasteiger partial charge in [-0.05, 0) is 42.0 Å². The second-order valence-corrected chi connectivity index (χ2v) is 5.62. The van der Waals surface area contributed by atoms with Crippen molar-refractivity contribution in [3.05, 3.63) is 90.6 Å². The predicted molar refractivity (Wildman–Crippen MR) is 96.1 cm³/mol. The van der Waals surface area contributed by atoms with Gasteiger partial charge < -0.3 is 5.32 Å². The molecule has 4 aromatic rings. The fourth-order valence-corrected chi connectivity index (χ4v) is 2.65. The molecular formula is C19H16N6O. The summed E-state index contributed by atoms with van der Waals surface area (Å²) in [5.41, 5.74) is 2.25. The molecule has 4 rings (SSSR count). The van der Waals surface area contributed by atoms with Crippen molar-refractivity contribution < 1.29 is 4.79 Å². The topological polar surface area (TPSA) is 77.6 Å². The maximum absolute atomic E-state index is 12.7. The summed E-state index contributed by atoms with van der Waals surface area (Å²) in [6.07, 6.45) is 8.72. The molecule has 0 aliphatic heterocycles. The van der Waals surface area contributed by atoms with Crippen LogP contribution < -0.4 is 5.32 Å². The van der Waals surface area contributed by atoms with E-state index < -0.39 is 0 Å². The fraction of sp³-hybridized carbons (Fsp3) is 0.0526. The zero-order chi connectivity index (χ0) is 17.8. The van der Waals surface area contributed by atoms with Gasteiger partial charge in [0.25, 0.3) is 5.91 Å². The Balaban J connectivity index is 1.51. The van der Waals surface area contributed by atoms with E-state index in [0.29, 0.717) is 17.9 Å². The number of hydrogen-bond acceptors (Lipinski definition) is 4. The van der Waals surface area contributed by atoms with E-state index >= 15 is 0 Å². The number of rotatable bonds is 5. The Kier molecular flexibility index (Phi) is 4.26. The van der Waals surface area contributed by atoms with E-state index in [2.05, 4.69) is 20.5 Å². The number of benzene rings is 1. The van der Waals surface area contributed by atoms with Crippen molar-refractivity contribution in [1.82, 2.24) is 29.9 Å². The predicted octanol–water partition coefficient (Wildman–Crippen LogP) is 2.38. The van der Waals surface area contributed by atoms with Gasteiger partial charge in [0, 0.05) is 37.5 Å². The van der Waals surface area contributed by atoms with Crippen LogP contribution in [0.5, 0.6) is 0 Å². The summed E-state index contributed by atoms with van der Waals surface area (Å²) >= 11 is 0. The summed E-state index contributed by atoms with van der Waals surface area (Å²) in [5.74, 6) is 0.548. The van der Waals surface area contributed by atoms with E-state index in [4.69, 9.17) is 0 Å². The van der Waals surface area contributed by atoms with Crippen molar-refractivity contribution in [2.45, 2.75) is 6.54 Å². The highest BCUT2D eigenvalue weighted by Gasteiger charge is 2.12. The molecule has 0 aliphatic carbocycles. The minimum absolute atomic E-state index is 0.159. The Morgan fingerprint density at radius 2 is 1.69 bits per heavy atom. The molecule has 128 valence electrons. The van der Waals surface area contributed by atoms with Crippen molar-refractivity contribution in [3.63, 3.8) is 0 Å². The first-order valence-corrected chi connectivity index (χ1v) is 8.13. The molecule has 0 saturated carbocycles. The zero-order valence-electron chi connectivity index (χ0n) is 13.9. The normalized spacial score (nSPS) is 10.6. The van der Waals surface area contributed by atoms with Gasteiger partial charge in [0.05, 0.1) is 11.3 Å². The summed E-state index contributed by atoms with van der Waals surface area (Å²) in [7, 11) is 0. The van der Waals surface area contributed by atoms with Crippen molar-refractivity contribution in [2.24, 2.45) is 0 Å². The van der Waals surface area contributed by atoms with Crippen LogP contribution in [0.3, 0.4) is 0 Å². The summed E-state index contributed by atoms with van der Waals surface area (Å²) in [5, 5.41) is 11.3. The number of hydrogen-bond donors (Lipinski definition) is 1. The molecule has 3 aromatic heterocycles. The lowest BCUT2D eigenvalue weighted by Crippen LogP contribution is -2.24. The zero-order valence-corrected chi connectivity index (χ0v) is 13.9. The number of carbonyl (C=O) groups excluding carboxylic acids is 1. The molecule has 0 atom stereocenters. The van der Waals surface area contributed by atoms with Gasteiger partial charge in [-0.15, -0.1) is 0 Å². The highest BCUT2D eigenvalue weighted by atomic mass is 16.1. The first kappa shape index (κ1) is 15.8. The van der Waals surface area contributed by atoms with Gasteiger partial charge in [-0.3, -0.25) is 4.79 Å². The SMILES string of the molecule is O=C(NCc1ccnc(-n2cccn2)c1)c1ccccc1-n1cccn1. The van der Waals surface area contributed by atoms with Crippen LogP contribution in [0.25, 0.3) is 11.5 Å². The maximum Gasteiger partial charge on any atom is 0.253 e. The molecule has 1 aromatic carbocycles. The lowest BCUT2D eigenvalue weighted by molar-refractivity contribution is 0.0950. The molecule has 3 heterocycles. The molecule has 0 aliphatic rings. The second-order valence-electron chi connectivity index (χ2n) is 5.62. The van der Waals surface area contributed by atoms with Gasteiger partial charge in [0.2, 0.25) is 0 Å². The van der Waals surface area contributed by atoms with Crippen LogP contribution in [0.15, 0.2) is 79.5 Å². The fourth-order valence-electron chi connectivity index (χ4n) is 2.65. The van der Waals surface area contributed by atoms with Crippen molar-refractivity contribution in [3.8, 4) is 11.5 Å². The molecule has 0 unspecified atom stereocenters. The van der Waals surface area contributed by atoms with Crippen molar-refractivity contribution in [2.75, 3.05) is 0 Å². The monoisotopic (exact) mass is 344 g/mol. The van der Waals surface area contributed by atoms with E-state index in [-0.39, 0.29) is 5.91 Å². The van der Waals surface area contributed by atoms with Crippen LogP contribution in [-0.4, -0.2) is 30.5 Å². The Hall–Kier alpha value is -3.74. The largest absolute Gasteiger partial charge is 0.348 e. The van der Waals surface area contributed by atoms with E-state index in [9.17, 15) is 4.79 Å². The Morgan fingerprint density at radius 1 is 0.923 bits per heavy atom. The Labute approximate surface area is 149 Å². The molecule has 0 saturated heterocycles. The third kappa shape index (κ3) is 3.23. The third-order valence-electron chi connectivity index (χ3n) is 3.90. The summed E-state index contributed by atoms with van der Waals surface area (Å²) in [4.78, 5) is 17.0. The molecule has 1 N–H and O–H groups in total. The van der Waals surface area contributed by atoms with Gasteiger partial charge in [0.15, 0.2) is 5.82 Å². The van der Waals surface area contributed by atoms with E-state index in [0.717, 1.165) is 11.3 Å². The maximum atomic E-state index is 12.7. The summed E-state index contributed by atoms with van der Waals surface area (Å²) in [6, 6.07) is 14.8. The van der Waals surface area contributed by atoms with E-state index in [1.807, 2.05) is 54.9 Å². The number of nitrogens with zero attached hydrogens (tertiary/aromatic N) is 5. The molecule has 26 heavy (non-hydrogen) atoms. The Bertz CT molecular complexity index is 1010. The van der Waals surface area contributed by atoms with Crippen LogP contribution in [0.2, 0.25) is 0 Å². The molecule has 0 fully saturated rings. The Morgan fingerprint density at radius 3 is 2.46 bits per heavy atom. The van der Waals surface area contributed by atoms with Gasteiger partial charge >= 0.3 is 0 Å². The van der Waals surface area contributed by atoms with Crippen molar-refractivity contribution >= 4 is 5.91 Å². The second kappa shape index (κ2) is 7.02. The van der Waals surface area contributed by atoms with Gasteiger partial charge in [-0.25, -0.2) is 14.3 Å². The molecule has 0 radical (unpaired) electrons. The lowest BCUT2D eigenvalue weighted by atomic mass is 10.1.